The van der Waals surface area contributed by atoms with Gasteiger partial charge in [-0.3, -0.25) is 14.9 Å². The number of hydrogen-bond acceptors (Lipinski definition) is 7. The van der Waals surface area contributed by atoms with Gasteiger partial charge in [0, 0.05) is 23.1 Å². The lowest BCUT2D eigenvalue weighted by Gasteiger charge is -2.09. The lowest BCUT2D eigenvalue weighted by atomic mass is 10.1. The second-order valence-electron chi connectivity index (χ2n) is 6.86. The fraction of sp³-hybridized carbons (Fsp3) is 0.136. The van der Waals surface area contributed by atoms with Gasteiger partial charge in [0.15, 0.2) is 0 Å². The second-order valence-corrected chi connectivity index (χ2v) is 8.69. The van der Waals surface area contributed by atoms with Crippen molar-refractivity contribution in [3.63, 3.8) is 0 Å². The molecule has 0 bridgehead atoms. The third-order valence-corrected chi connectivity index (χ3v) is 6.49. The van der Waals surface area contributed by atoms with E-state index in [0.717, 1.165) is 31.9 Å². The molecule has 0 radical (unpaired) electrons. The molecule has 156 valence electrons. The van der Waals surface area contributed by atoms with Gasteiger partial charge in [-0.25, -0.2) is 9.97 Å². The van der Waals surface area contributed by atoms with E-state index < -0.39 is 4.92 Å². The van der Waals surface area contributed by atoms with E-state index in [4.69, 9.17) is 0 Å². The van der Waals surface area contributed by atoms with E-state index in [0.29, 0.717) is 11.5 Å². The first-order chi connectivity index (χ1) is 14.9. The molecule has 0 atom stereocenters. The first-order valence-corrected chi connectivity index (χ1v) is 11.3. The molecule has 0 aliphatic carbocycles. The van der Waals surface area contributed by atoms with Crippen molar-refractivity contribution in [3.8, 4) is 11.1 Å². The highest BCUT2D eigenvalue weighted by Crippen LogP contribution is 2.38. The molecule has 4 aromatic rings. The highest BCUT2D eigenvalue weighted by molar-refractivity contribution is 8.00. The summed E-state index contributed by atoms with van der Waals surface area (Å²) < 4.78 is 0. The first kappa shape index (κ1) is 21.0. The first-order valence-electron chi connectivity index (χ1n) is 9.41. The topological polar surface area (TPSA) is 98.0 Å². The number of carbonyl (C=O) groups excluding carboxylic acids is 1. The maximum Gasteiger partial charge on any atom is 0.271 e. The van der Waals surface area contributed by atoms with Crippen LogP contribution in [-0.2, 0) is 4.79 Å². The molecule has 7 nitrogen and oxygen atoms in total. The minimum atomic E-state index is -0.480. The molecule has 0 unspecified atom stereocenters. The number of carbonyl (C=O) groups is 1. The summed E-state index contributed by atoms with van der Waals surface area (Å²) >= 11 is 2.88. The molecule has 31 heavy (non-hydrogen) atoms. The summed E-state index contributed by atoms with van der Waals surface area (Å²) in [5.74, 6) is 0.513. The van der Waals surface area contributed by atoms with Crippen LogP contribution in [0.5, 0.6) is 0 Å². The molecule has 4 rings (SSSR count). The van der Waals surface area contributed by atoms with Gasteiger partial charge < -0.3 is 5.32 Å². The van der Waals surface area contributed by atoms with Gasteiger partial charge >= 0.3 is 0 Å². The van der Waals surface area contributed by atoms with Crippen molar-refractivity contribution >= 4 is 50.6 Å². The number of fused-ring (bicyclic) bond motifs is 1. The van der Waals surface area contributed by atoms with Crippen LogP contribution in [-0.4, -0.2) is 26.6 Å². The smallest absolute Gasteiger partial charge is 0.271 e. The van der Waals surface area contributed by atoms with Gasteiger partial charge in [-0.05, 0) is 25.0 Å². The van der Waals surface area contributed by atoms with Crippen molar-refractivity contribution in [2.45, 2.75) is 18.9 Å². The monoisotopic (exact) mass is 450 g/mol. The van der Waals surface area contributed by atoms with Crippen LogP contribution in [0, 0.1) is 24.0 Å². The average molecular weight is 451 g/mol. The molecule has 0 saturated carbocycles. The normalized spacial score (nSPS) is 10.9. The highest BCUT2D eigenvalue weighted by Gasteiger charge is 2.17. The van der Waals surface area contributed by atoms with Crippen molar-refractivity contribution in [1.29, 1.82) is 0 Å². The molecule has 2 aromatic carbocycles. The Morgan fingerprint density at radius 3 is 2.68 bits per heavy atom. The van der Waals surface area contributed by atoms with Gasteiger partial charge in [0.05, 0.1) is 21.7 Å². The number of thiophene rings is 1. The van der Waals surface area contributed by atoms with Crippen LogP contribution >= 0.6 is 23.1 Å². The number of rotatable bonds is 6. The molecule has 2 heterocycles. The molecular formula is C22H18N4O3S2. The van der Waals surface area contributed by atoms with Crippen molar-refractivity contribution in [1.82, 2.24) is 9.97 Å². The maximum absolute atomic E-state index is 12.6. The van der Waals surface area contributed by atoms with Crippen LogP contribution in [0.2, 0.25) is 0 Å². The number of thioether (sulfide) groups is 1. The van der Waals surface area contributed by atoms with Crippen LogP contribution in [0.25, 0.3) is 21.3 Å². The van der Waals surface area contributed by atoms with Crippen molar-refractivity contribution in [2.75, 3.05) is 11.1 Å². The number of aryl methyl sites for hydroxylation is 2. The number of benzene rings is 2. The van der Waals surface area contributed by atoms with Crippen molar-refractivity contribution in [3.05, 3.63) is 75.4 Å². The molecule has 9 heteroatoms. The largest absolute Gasteiger partial charge is 0.325 e. The summed E-state index contributed by atoms with van der Waals surface area (Å²) in [6.07, 6.45) is 0. The maximum atomic E-state index is 12.6. The molecule has 1 N–H and O–H groups in total. The van der Waals surface area contributed by atoms with E-state index in [1.807, 2.05) is 37.3 Å². The zero-order chi connectivity index (χ0) is 22.0. The van der Waals surface area contributed by atoms with Crippen LogP contribution < -0.4 is 5.32 Å². The van der Waals surface area contributed by atoms with Crippen LogP contribution in [0.3, 0.4) is 0 Å². The molecule has 1 amide bonds. The SMILES string of the molecule is Cc1nc(SCC(=O)Nc2cc([N+](=O)[O-])ccc2C)c2c(-c3ccccc3)csc2n1. The van der Waals surface area contributed by atoms with Crippen LogP contribution in [0.1, 0.15) is 11.4 Å². The van der Waals surface area contributed by atoms with Gasteiger partial charge in [-0.1, -0.05) is 48.2 Å². The molecule has 2 aromatic heterocycles. The number of amides is 1. The Labute approximate surface area is 186 Å². The number of nitro groups is 1. The Kier molecular flexibility index (Phi) is 5.97. The Morgan fingerprint density at radius 1 is 1.16 bits per heavy atom. The van der Waals surface area contributed by atoms with Gasteiger partial charge in [0.2, 0.25) is 5.91 Å². The summed E-state index contributed by atoms with van der Waals surface area (Å²) in [6, 6.07) is 14.4. The van der Waals surface area contributed by atoms with E-state index in [1.165, 1.54) is 23.9 Å². The van der Waals surface area contributed by atoms with Crippen LogP contribution in [0.15, 0.2) is 58.9 Å². The number of nitrogens with one attached hydrogen (secondary N) is 1. The van der Waals surface area contributed by atoms with Crippen molar-refractivity contribution < 1.29 is 9.72 Å². The number of anilines is 1. The Balaban J connectivity index is 1.58. The molecule has 0 fully saturated rings. The summed E-state index contributed by atoms with van der Waals surface area (Å²) in [7, 11) is 0. The van der Waals surface area contributed by atoms with Crippen molar-refractivity contribution in [2.24, 2.45) is 0 Å². The molecule has 0 aliphatic rings. The minimum absolute atomic E-state index is 0.0625. The molecule has 0 spiro atoms. The molecule has 0 saturated heterocycles. The number of hydrogen-bond donors (Lipinski definition) is 1. The summed E-state index contributed by atoms with van der Waals surface area (Å²) in [5, 5.41) is 17.5. The van der Waals surface area contributed by atoms with Gasteiger partial charge in [0.25, 0.3) is 5.69 Å². The number of aromatic nitrogens is 2. The minimum Gasteiger partial charge on any atom is -0.325 e. The van der Waals surface area contributed by atoms with E-state index in [2.05, 4.69) is 20.7 Å². The zero-order valence-corrected chi connectivity index (χ0v) is 18.4. The number of nitro benzene ring substituents is 1. The average Bonchev–Trinajstić information content (AvgIpc) is 3.18. The Bertz CT molecular complexity index is 1290. The third kappa shape index (κ3) is 4.57. The second kappa shape index (κ2) is 8.83. The highest BCUT2D eigenvalue weighted by atomic mass is 32.2. The predicted molar refractivity (Wildman–Crippen MR) is 125 cm³/mol. The van der Waals surface area contributed by atoms with E-state index >= 15 is 0 Å². The van der Waals surface area contributed by atoms with Gasteiger partial charge in [-0.15, -0.1) is 11.3 Å². The standard InChI is InChI=1S/C22H18N4O3S2/c1-13-8-9-16(26(28)29)10-18(13)25-19(27)12-31-22-20-17(15-6-4-3-5-7-15)11-30-21(20)23-14(2)24-22/h3-11H,12H2,1-2H3,(H,25,27). The summed E-state index contributed by atoms with van der Waals surface area (Å²) in [5.41, 5.74) is 3.24. The quantitative estimate of drug-likeness (QED) is 0.177. The van der Waals surface area contributed by atoms with Gasteiger partial charge in [0.1, 0.15) is 15.7 Å². The Hall–Kier alpha value is -3.30. The van der Waals surface area contributed by atoms with Crippen LogP contribution in [0.4, 0.5) is 11.4 Å². The molecule has 0 aliphatic heterocycles. The van der Waals surface area contributed by atoms with E-state index in [9.17, 15) is 14.9 Å². The summed E-state index contributed by atoms with van der Waals surface area (Å²) in [6.45, 7) is 3.62. The van der Waals surface area contributed by atoms with E-state index in [-0.39, 0.29) is 17.3 Å². The zero-order valence-electron chi connectivity index (χ0n) is 16.8. The fourth-order valence-corrected chi connectivity index (χ4v) is 5.07. The van der Waals surface area contributed by atoms with Gasteiger partial charge in [-0.2, -0.15) is 0 Å². The summed E-state index contributed by atoms with van der Waals surface area (Å²) in [4.78, 5) is 33.1. The number of non-ortho nitro benzene ring substituents is 1. The lowest BCUT2D eigenvalue weighted by molar-refractivity contribution is -0.384. The Morgan fingerprint density at radius 2 is 1.94 bits per heavy atom. The predicted octanol–water partition coefficient (Wildman–Crippen LogP) is 5.61. The van der Waals surface area contributed by atoms with E-state index in [1.54, 1.807) is 24.3 Å². The third-order valence-electron chi connectivity index (χ3n) is 4.64. The number of nitrogens with zero attached hydrogens (tertiary/aromatic N) is 3. The lowest BCUT2D eigenvalue weighted by Crippen LogP contribution is -2.15. The fourth-order valence-electron chi connectivity index (χ4n) is 3.12. The molecular weight excluding hydrogens is 432 g/mol.